The highest BCUT2D eigenvalue weighted by molar-refractivity contribution is 5.87. The highest BCUT2D eigenvalue weighted by atomic mass is 16.7. The fraction of sp³-hybridized carbons (Fsp3) is 0.429. The first-order valence-electron chi connectivity index (χ1n) is 19.6. The van der Waals surface area contributed by atoms with Gasteiger partial charge in [-0.15, -0.1) is 0 Å². The van der Waals surface area contributed by atoms with Gasteiger partial charge in [0.15, 0.2) is 29.3 Å². The zero-order valence-electron chi connectivity index (χ0n) is 33.1. The minimum absolute atomic E-state index is 0.0108. The monoisotopic (exact) mass is 886 g/mol. The molecule has 2 aromatic carbocycles. The summed E-state index contributed by atoms with van der Waals surface area (Å²) in [5.41, 5.74) is 0.175. The van der Waals surface area contributed by atoms with E-state index in [9.17, 15) is 65.8 Å². The number of ether oxygens (including phenoxy) is 7. The Morgan fingerprint density at radius 2 is 1.24 bits per heavy atom. The van der Waals surface area contributed by atoms with Crippen molar-refractivity contribution in [2.75, 3.05) is 13.2 Å². The minimum atomic E-state index is -1.94. The molecule has 0 bridgehead atoms. The van der Waals surface area contributed by atoms with Gasteiger partial charge < -0.3 is 93.7 Å². The molecular weight excluding hydrogens is 840 g/mol. The van der Waals surface area contributed by atoms with Crippen LogP contribution in [0.4, 0.5) is 0 Å². The molecule has 1 aliphatic carbocycles. The second-order valence-corrected chi connectivity index (χ2v) is 15.1. The number of aliphatic hydroxyl groups is 9. The summed E-state index contributed by atoms with van der Waals surface area (Å²) in [4.78, 5) is 25.4. The van der Waals surface area contributed by atoms with E-state index >= 15 is 0 Å². The molecule has 0 radical (unpaired) electrons. The summed E-state index contributed by atoms with van der Waals surface area (Å²) >= 11 is 0. The molecule has 0 amide bonds. The Labute approximate surface area is 356 Å². The van der Waals surface area contributed by atoms with E-state index in [1.54, 1.807) is 12.1 Å². The molecule has 2 aromatic rings. The van der Waals surface area contributed by atoms with Crippen molar-refractivity contribution in [3.63, 3.8) is 0 Å². The second-order valence-electron chi connectivity index (χ2n) is 15.1. The third-order valence-electron chi connectivity index (χ3n) is 10.7. The fourth-order valence-corrected chi connectivity index (χ4v) is 7.14. The first-order valence-corrected chi connectivity index (χ1v) is 19.6. The quantitative estimate of drug-likeness (QED) is 0.0558. The Bertz CT molecular complexity index is 2230. The number of phenols is 2. The topological polar surface area (TPSA) is 334 Å². The number of carbonyl (C=O) groups excluding carboxylic acids is 1. The number of esters is 1. The van der Waals surface area contributed by atoms with Gasteiger partial charge >= 0.3 is 5.97 Å². The molecular formula is C42H46O21. The molecule has 3 saturated heterocycles. The standard InChI is InChI=1S/C42H46O21/c1-17-38(63-29(47)11-4-18-2-7-20(44)8-3-18)34(52)37(55)40(57-17)56-16-28-31(49)33(51)36(54)42(62-28)60-26-14-23-24(58-39(26)19-5-9-21(45)10-6-19)12-22(46)13-25(23)59-41-35(53)32(50)30(48)27(15-43)61-41/h2-14,17,27-28,30-38,40-45,48-55H,15-16H2,1H3/t17-,27+,28+,30+,31+,32-,33-,34-,35+,36+,37+,38-,40+,41+,42+/m0/s1. The Kier molecular flexibility index (Phi) is 14.0. The van der Waals surface area contributed by atoms with Crippen molar-refractivity contribution in [2.45, 2.75) is 99.0 Å². The van der Waals surface area contributed by atoms with Crippen LogP contribution in [0.3, 0.4) is 0 Å². The molecule has 21 nitrogen and oxygen atoms in total. The van der Waals surface area contributed by atoms with E-state index in [0.29, 0.717) is 5.56 Å². The van der Waals surface area contributed by atoms with Crippen LogP contribution in [0.5, 0.6) is 23.0 Å². The van der Waals surface area contributed by atoms with Gasteiger partial charge in [-0.2, -0.15) is 0 Å². The number of fused-ring (bicyclic) bond motifs is 1. The van der Waals surface area contributed by atoms with Gasteiger partial charge in [0.25, 0.3) is 0 Å². The van der Waals surface area contributed by atoms with Crippen molar-refractivity contribution in [3.05, 3.63) is 88.6 Å². The van der Waals surface area contributed by atoms with Gasteiger partial charge in [0.1, 0.15) is 84.0 Å². The van der Waals surface area contributed by atoms with E-state index in [1.807, 2.05) is 0 Å². The molecule has 11 N–H and O–H groups in total. The predicted molar refractivity (Wildman–Crippen MR) is 210 cm³/mol. The molecule has 15 atom stereocenters. The zero-order valence-corrected chi connectivity index (χ0v) is 33.1. The van der Waals surface area contributed by atoms with Crippen molar-refractivity contribution >= 4 is 12.0 Å². The van der Waals surface area contributed by atoms with Gasteiger partial charge in [0.2, 0.25) is 12.6 Å². The maximum atomic E-state index is 12.9. The number of benzene rings is 3. The van der Waals surface area contributed by atoms with Crippen LogP contribution in [0, 0.1) is 0 Å². The Morgan fingerprint density at radius 1 is 0.667 bits per heavy atom. The lowest BCUT2D eigenvalue weighted by molar-refractivity contribution is -0.319. The van der Waals surface area contributed by atoms with Crippen molar-refractivity contribution in [1.29, 1.82) is 0 Å². The normalized spacial score (nSPS) is 33.6. The largest absolute Gasteiger partial charge is 0.508 e. The highest BCUT2D eigenvalue weighted by Crippen LogP contribution is 2.43. The third kappa shape index (κ3) is 9.95. The molecule has 0 spiro atoms. The van der Waals surface area contributed by atoms with Gasteiger partial charge in [-0.25, -0.2) is 4.79 Å². The summed E-state index contributed by atoms with van der Waals surface area (Å²) < 4.78 is 46.1. The maximum absolute atomic E-state index is 12.9. The van der Waals surface area contributed by atoms with Crippen molar-refractivity contribution < 1.29 is 98.5 Å². The van der Waals surface area contributed by atoms with Crippen molar-refractivity contribution in [1.82, 2.24) is 0 Å². The summed E-state index contributed by atoms with van der Waals surface area (Å²) in [6.07, 6.45) is -22.4. The van der Waals surface area contributed by atoms with Crippen LogP contribution in [-0.2, 0) is 28.5 Å². The fourth-order valence-electron chi connectivity index (χ4n) is 7.14. The Hall–Kier alpha value is -5.24. The first kappa shape index (κ1) is 45.8. The van der Waals surface area contributed by atoms with Crippen LogP contribution in [0.2, 0.25) is 0 Å². The van der Waals surface area contributed by atoms with Crippen molar-refractivity contribution in [2.24, 2.45) is 0 Å². The molecule has 4 aliphatic heterocycles. The first-order chi connectivity index (χ1) is 30.0. The minimum Gasteiger partial charge on any atom is -0.508 e. The number of phenolic OH excluding ortho intramolecular Hbond substituents is 2. The summed E-state index contributed by atoms with van der Waals surface area (Å²) in [7, 11) is 0. The van der Waals surface area contributed by atoms with Crippen LogP contribution in [0.1, 0.15) is 12.5 Å². The molecule has 0 saturated carbocycles. The molecule has 0 unspecified atom stereocenters. The number of rotatable bonds is 12. The zero-order chi connectivity index (χ0) is 45.3. The van der Waals surface area contributed by atoms with Crippen LogP contribution < -0.4 is 14.9 Å². The van der Waals surface area contributed by atoms with Gasteiger partial charge in [0.05, 0.1) is 24.9 Å². The SMILES string of the molecule is C[C@@H]1O[C@@H](OC[C@H]2O[C@@H](Oc3cc4c(O[C@@H]5O[C@H](CO)[C@@H](O)[C@H](O)[C@H]5O)cc(=O)cc-4oc3-c3ccc(O)cc3)[C@H](O)[C@@H](O)[C@@H]2O)[C@H](O)[C@H](O)[C@H]1OC(=O)C=Cc1ccc(O)cc1. The van der Waals surface area contributed by atoms with E-state index in [-0.39, 0.29) is 45.6 Å². The molecule has 3 fully saturated rings. The number of aliphatic hydroxyl groups excluding tert-OH is 9. The summed E-state index contributed by atoms with van der Waals surface area (Å²) in [5, 5.41) is 115. The average molecular weight is 887 g/mol. The number of aromatic hydroxyl groups is 2. The number of carbonyl (C=O) groups is 1. The maximum Gasteiger partial charge on any atom is 0.331 e. The lowest BCUT2D eigenvalue weighted by Crippen LogP contribution is -2.62. The molecule has 21 heteroatoms. The summed E-state index contributed by atoms with van der Waals surface area (Å²) in [6, 6.07) is 14.8. The van der Waals surface area contributed by atoms with Crippen LogP contribution in [0.15, 0.2) is 82.0 Å². The lowest BCUT2D eigenvalue weighted by Gasteiger charge is -2.43. The van der Waals surface area contributed by atoms with E-state index < -0.39 is 117 Å². The van der Waals surface area contributed by atoms with E-state index in [2.05, 4.69) is 0 Å². The van der Waals surface area contributed by atoms with E-state index in [0.717, 1.165) is 18.2 Å². The molecule has 5 aliphatic rings. The smallest absolute Gasteiger partial charge is 0.331 e. The van der Waals surface area contributed by atoms with Crippen molar-refractivity contribution in [3.8, 4) is 45.6 Å². The Balaban J connectivity index is 1.09. The van der Waals surface area contributed by atoms with E-state index in [4.69, 9.17) is 37.6 Å². The van der Waals surface area contributed by atoms with Crippen LogP contribution in [-0.4, -0.2) is 167 Å². The lowest BCUT2D eigenvalue weighted by atomic mass is 9.98. The molecule has 4 heterocycles. The Morgan fingerprint density at radius 3 is 1.87 bits per heavy atom. The molecule has 63 heavy (non-hydrogen) atoms. The number of hydrogen-bond acceptors (Lipinski definition) is 21. The van der Waals surface area contributed by atoms with Gasteiger partial charge in [-0.3, -0.25) is 4.79 Å². The number of hydrogen-bond donors (Lipinski definition) is 11. The van der Waals surface area contributed by atoms with Crippen LogP contribution in [0.25, 0.3) is 28.7 Å². The third-order valence-corrected chi connectivity index (χ3v) is 10.7. The van der Waals surface area contributed by atoms with Gasteiger partial charge in [-0.1, -0.05) is 12.1 Å². The molecule has 7 rings (SSSR count). The van der Waals surface area contributed by atoms with Gasteiger partial charge in [-0.05, 0) is 61.0 Å². The summed E-state index contributed by atoms with van der Waals surface area (Å²) in [6.45, 7) is 0.0475. The molecule has 340 valence electrons. The van der Waals surface area contributed by atoms with Crippen LogP contribution >= 0.6 is 0 Å². The average Bonchev–Trinajstić information content (AvgIpc) is 3.26. The highest BCUT2D eigenvalue weighted by Gasteiger charge is 2.49. The predicted octanol–water partition coefficient (Wildman–Crippen LogP) is -1.70. The molecule has 0 aromatic heterocycles. The summed E-state index contributed by atoms with van der Waals surface area (Å²) in [5.74, 6) is -1.70. The second kappa shape index (κ2) is 19.2. The van der Waals surface area contributed by atoms with Gasteiger partial charge in [0, 0.05) is 23.8 Å². The van der Waals surface area contributed by atoms with E-state index in [1.165, 1.54) is 55.5 Å².